The molecule has 142 valence electrons. The third kappa shape index (κ3) is 3.36. The third-order valence-corrected chi connectivity index (χ3v) is 4.89. The van der Waals surface area contributed by atoms with Crippen LogP contribution < -0.4 is 5.43 Å². The number of aromatic amines is 1. The first-order valence-electron chi connectivity index (χ1n) is 9.00. The molecule has 0 aromatic carbocycles. The van der Waals surface area contributed by atoms with Gasteiger partial charge in [-0.3, -0.25) is 19.8 Å². The summed E-state index contributed by atoms with van der Waals surface area (Å²) in [6.07, 6.45) is 11.1. The molecule has 0 fully saturated rings. The van der Waals surface area contributed by atoms with Crippen LogP contribution in [0.1, 0.15) is 28.2 Å². The molecule has 2 aromatic heterocycles. The largest absolute Gasteiger partial charge is 0.374 e. The van der Waals surface area contributed by atoms with E-state index in [1.165, 1.54) is 5.56 Å². The summed E-state index contributed by atoms with van der Waals surface area (Å²) in [4.78, 5) is 30.7. The fraction of sp³-hybridized carbons (Fsp3) is 0.250. The van der Waals surface area contributed by atoms with Crippen LogP contribution in [-0.4, -0.2) is 50.8 Å². The summed E-state index contributed by atoms with van der Waals surface area (Å²) in [5.41, 5.74) is 9.40. The maximum absolute atomic E-state index is 12.3. The molecule has 0 bridgehead atoms. The van der Waals surface area contributed by atoms with Crippen molar-refractivity contribution in [3.63, 3.8) is 0 Å². The van der Waals surface area contributed by atoms with Gasteiger partial charge in [0.2, 0.25) is 0 Å². The Balaban J connectivity index is 1.66. The number of hydrogen-bond acceptors (Lipinski definition) is 6. The number of hydrogen-bond donors (Lipinski definition) is 2. The summed E-state index contributed by atoms with van der Waals surface area (Å²) >= 11 is 0. The second kappa shape index (κ2) is 7.22. The molecule has 0 atom stereocenters. The van der Waals surface area contributed by atoms with Crippen molar-refractivity contribution in [2.24, 2.45) is 10.1 Å². The fourth-order valence-corrected chi connectivity index (χ4v) is 3.39. The Hall–Kier alpha value is -3.55. The highest BCUT2D eigenvalue weighted by Crippen LogP contribution is 2.24. The van der Waals surface area contributed by atoms with Crippen LogP contribution in [0.15, 0.2) is 46.7 Å². The van der Waals surface area contributed by atoms with Crippen molar-refractivity contribution in [3.8, 4) is 0 Å². The fourth-order valence-electron chi connectivity index (χ4n) is 3.39. The number of amides is 1. The minimum atomic E-state index is -0.253. The van der Waals surface area contributed by atoms with Gasteiger partial charge in [-0.1, -0.05) is 0 Å². The lowest BCUT2D eigenvalue weighted by molar-refractivity contribution is -0.116. The van der Waals surface area contributed by atoms with Gasteiger partial charge >= 0.3 is 0 Å². The zero-order valence-electron chi connectivity index (χ0n) is 16.0. The predicted molar refractivity (Wildman–Crippen MR) is 108 cm³/mol. The van der Waals surface area contributed by atoms with E-state index in [4.69, 9.17) is 0 Å². The molecule has 0 spiro atoms. The summed E-state index contributed by atoms with van der Waals surface area (Å²) in [5.74, 6) is -0.253. The molecule has 0 saturated carbocycles. The number of carbonyl (C=O) groups is 1. The second-order valence-electron chi connectivity index (χ2n) is 6.90. The maximum atomic E-state index is 12.3. The van der Waals surface area contributed by atoms with Gasteiger partial charge in [0.15, 0.2) is 0 Å². The SMILES string of the molecule is Cc1[nH]c(C=C2C(=O)NN=C2c2cnccn2)c(C)c1CC1=NC=CN(C)C1. The molecule has 4 rings (SSSR count). The van der Waals surface area contributed by atoms with E-state index < -0.39 is 0 Å². The van der Waals surface area contributed by atoms with Crippen LogP contribution in [-0.2, 0) is 11.2 Å². The Labute approximate surface area is 162 Å². The van der Waals surface area contributed by atoms with Gasteiger partial charge in [-0.15, -0.1) is 0 Å². The molecule has 4 heterocycles. The average molecular weight is 375 g/mol. The minimum Gasteiger partial charge on any atom is -0.374 e. The smallest absolute Gasteiger partial charge is 0.273 e. The number of H-pyrrole nitrogens is 1. The lowest BCUT2D eigenvalue weighted by Gasteiger charge is -2.18. The van der Waals surface area contributed by atoms with E-state index in [0.717, 1.165) is 35.6 Å². The van der Waals surface area contributed by atoms with Gasteiger partial charge in [-0.05, 0) is 31.1 Å². The van der Waals surface area contributed by atoms with Gasteiger partial charge in [0.05, 0.1) is 18.3 Å². The Bertz CT molecular complexity index is 1040. The monoisotopic (exact) mass is 375 g/mol. The molecule has 1 amide bonds. The molecule has 0 saturated heterocycles. The number of aliphatic imine (C=N–C) groups is 1. The summed E-state index contributed by atoms with van der Waals surface area (Å²) in [6, 6.07) is 0. The summed E-state index contributed by atoms with van der Waals surface area (Å²) < 4.78 is 0. The quantitative estimate of drug-likeness (QED) is 0.795. The van der Waals surface area contributed by atoms with Gasteiger partial charge in [-0.25, -0.2) is 5.43 Å². The molecule has 28 heavy (non-hydrogen) atoms. The molecule has 2 aliphatic heterocycles. The van der Waals surface area contributed by atoms with E-state index >= 15 is 0 Å². The lowest BCUT2D eigenvalue weighted by Crippen LogP contribution is -2.25. The van der Waals surface area contributed by atoms with Gasteiger partial charge in [0.1, 0.15) is 11.4 Å². The number of nitrogens with zero attached hydrogens (tertiary/aromatic N) is 5. The second-order valence-corrected chi connectivity index (χ2v) is 6.90. The average Bonchev–Trinajstić information content (AvgIpc) is 3.18. The van der Waals surface area contributed by atoms with Crippen molar-refractivity contribution >= 4 is 23.4 Å². The zero-order chi connectivity index (χ0) is 19.7. The molecule has 0 aliphatic carbocycles. The highest BCUT2D eigenvalue weighted by atomic mass is 16.2. The first-order valence-corrected chi connectivity index (χ1v) is 9.00. The Morgan fingerprint density at radius 3 is 2.89 bits per heavy atom. The van der Waals surface area contributed by atoms with Gasteiger partial charge in [0.25, 0.3) is 5.91 Å². The van der Waals surface area contributed by atoms with E-state index in [0.29, 0.717) is 17.0 Å². The zero-order valence-corrected chi connectivity index (χ0v) is 16.0. The molecular formula is C20H21N7O. The third-order valence-electron chi connectivity index (χ3n) is 4.89. The summed E-state index contributed by atoms with van der Waals surface area (Å²) in [6.45, 7) is 4.91. The number of carbonyl (C=O) groups excluding carboxylic acids is 1. The summed E-state index contributed by atoms with van der Waals surface area (Å²) in [5, 5.41) is 4.13. The normalized spacial score (nSPS) is 17.8. The Morgan fingerprint density at radius 1 is 1.29 bits per heavy atom. The molecule has 0 radical (unpaired) electrons. The van der Waals surface area contributed by atoms with Crippen molar-refractivity contribution in [3.05, 3.63) is 64.8 Å². The number of aryl methyl sites for hydroxylation is 1. The van der Waals surface area contributed by atoms with Crippen molar-refractivity contribution in [1.29, 1.82) is 0 Å². The Morgan fingerprint density at radius 2 is 2.14 bits per heavy atom. The topological polar surface area (TPSA) is 98.6 Å². The van der Waals surface area contributed by atoms with Crippen LogP contribution >= 0.6 is 0 Å². The van der Waals surface area contributed by atoms with Crippen LogP contribution in [0.2, 0.25) is 0 Å². The van der Waals surface area contributed by atoms with E-state index in [9.17, 15) is 4.79 Å². The number of rotatable bonds is 4. The van der Waals surface area contributed by atoms with Crippen molar-refractivity contribution < 1.29 is 4.79 Å². The van der Waals surface area contributed by atoms with E-state index in [1.807, 2.05) is 32.4 Å². The van der Waals surface area contributed by atoms with Crippen LogP contribution in [0.5, 0.6) is 0 Å². The van der Waals surface area contributed by atoms with Crippen LogP contribution in [0.25, 0.3) is 6.08 Å². The van der Waals surface area contributed by atoms with E-state index in [-0.39, 0.29) is 5.91 Å². The molecule has 2 aromatic rings. The van der Waals surface area contributed by atoms with E-state index in [1.54, 1.807) is 18.6 Å². The molecule has 2 N–H and O–H groups in total. The predicted octanol–water partition coefficient (Wildman–Crippen LogP) is 1.74. The first kappa shape index (κ1) is 17.8. The number of aromatic nitrogens is 3. The number of hydrazone groups is 1. The standard InChI is InChI=1S/C20H21N7O/c1-12-15(8-14-11-27(3)7-6-22-14)13(2)24-17(12)9-16-19(25-26-20(16)28)18-10-21-4-5-23-18/h4-7,9-10,24H,8,11H2,1-3H3,(H,26,28). The van der Waals surface area contributed by atoms with Crippen LogP contribution in [0, 0.1) is 13.8 Å². The highest BCUT2D eigenvalue weighted by Gasteiger charge is 2.26. The lowest BCUT2D eigenvalue weighted by atomic mass is 10.0. The van der Waals surface area contributed by atoms with Crippen molar-refractivity contribution in [1.82, 2.24) is 25.3 Å². The van der Waals surface area contributed by atoms with Gasteiger partial charge < -0.3 is 9.88 Å². The molecule has 2 aliphatic rings. The van der Waals surface area contributed by atoms with Gasteiger partial charge in [0, 0.05) is 55.4 Å². The molecular weight excluding hydrogens is 354 g/mol. The molecule has 8 heteroatoms. The maximum Gasteiger partial charge on any atom is 0.273 e. The molecule has 0 unspecified atom stereocenters. The van der Waals surface area contributed by atoms with Gasteiger partial charge in [-0.2, -0.15) is 5.10 Å². The van der Waals surface area contributed by atoms with Crippen LogP contribution in [0.4, 0.5) is 0 Å². The first-order chi connectivity index (χ1) is 13.5. The van der Waals surface area contributed by atoms with Crippen molar-refractivity contribution in [2.45, 2.75) is 20.3 Å². The van der Waals surface area contributed by atoms with Crippen LogP contribution in [0.3, 0.4) is 0 Å². The Kier molecular flexibility index (Phi) is 4.60. The van der Waals surface area contributed by atoms with Crippen molar-refractivity contribution in [2.75, 3.05) is 13.6 Å². The summed E-state index contributed by atoms with van der Waals surface area (Å²) in [7, 11) is 2.03. The van der Waals surface area contributed by atoms with E-state index in [2.05, 4.69) is 42.3 Å². The number of nitrogens with one attached hydrogen (secondary N) is 2. The minimum absolute atomic E-state index is 0.253. The molecule has 8 nitrogen and oxygen atoms in total. The highest BCUT2D eigenvalue weighted by molar-refractivity contribution is 6.32.